The van der Waals surface area contributed by atoms with Crippen LogP contribution in [0.25, 0.3) is 21.6 Å². The first-order valence-corrected chi connectivity index (χ1v) is 7.43. The van der Waals surface area contributed by atoms with Crippen LogP contribution in [0.1, 0.15) is 18.7 Å². The number of nitrogens with one attached hydrogen (secondary N) is 1. The van der Waals surface area contributed by atoms with Gasteiger partial charge in [-0.2, -0.15) is 0 Å². The summed E-state index contributed by atoms with van der Waals surface area (Å²) in [4.78, 5) is 14.4. The maximum absolute atomic E-state index is 4.50. The Hall–Kier alpha value is -1.85. The van der Waals surface area contributed by atoms with E-state index >= 15 is 0 Å². The van der Waals surface area contributed by atoms with Crippen LogP contribution in [0, 0.1) is 0 Å². The molecule has 0 bridgehead atoms. The van der Waals surface area contributed by atoms with Gasteiger partial charge in [0.15, 0.2) is 0 Å². The first-order valence-electron chi connectivity index (χ1n) is 6.61. The summed E-state index contributed by atoms with van der Waals surface area (Å²) < 4.78 is 0. The third kappa shape index (κ3) is 2.84. The van der Waals surface area contributed by atoms with Crippen LogP contribution >= 0.6 is 11.3 Å². The average molecular weight is 284 g/mol. The zero-order valence-electron chi connectivity index (χ0n) is 11.5. The summed E-state index contributed by atoms with van der Waals surface area (Å²) >= 11 is 1.71. The first-order chi connectivity index (χ1) is 9.72. The van der Waals surface area contributed by atoms with Crippen molar-refractivity contribution in [2.75, 3.05) is 0 Å². The lowest BCUT2D eigenvalue weighted by atomic mass is 10.2. The minimum atomic E-state index is 0.483. The van der Waals surface area contributed by atoms with Crippen LogP contribution in [0.4, 0.5) is 0 Å². The van der Waals surface area contributed by atoms with Gasteiger partial charge in [0.25, 0.3) is 0 Å². The van der Waals surface area contributed by atoms with E-state index in [-0.39, 0.29) is 0 Å². The average Bonchev–Trinajstić information content (AvgIpc) is 2.93. The van der Waals surface area contributed by atoms with Crippen LogP contribution in [-0.2, 0) is 6.54 Å². The van der Waals surface area contributed by atoms with Crippen molar-refractivity contribution in [1.29, 1.82) is 0 Å². The van der Waals surface area contributed by atoms with Gasteiger partial charge >= 0.3 is 0 Å². The standard InChI is InChI=1S/C15H16N4S/c1-10(2)18-8-12-9-19-15(20-12)11-3-4-13-14(7-11)17-6-5-16-13/h3-7,9-10,18H,8H2,1-2H3. The van der Waals surface area contributed by atoms with Crippen LogP contribution < -0.4 is 5.32 Å². The number of hydrogen-bond acceptors (Lipinski definition) is 5. The van der Waals surface area contributed by atoms with Crippen LogP contribution in [-0.4, -0.2) is 21.0 Å². The molecule has 102 valence electrons. The van der Waals surface area contributed by atoms with Crippen molar-refractivity contribution >= 4 is 22.4 Å². The molecular weight excluding hydrogens is 268 g/mol. The molecule has 1 N–H and O–H groups in total. The van der Waals surface area contributed by atoms with Gasteiger partial charge in [0.1, 0.15) is 5.01 Å². The molecule has 2 heterocycles. The Kier molecular flexibility index (Phi) is 3.71. The molecule has 3 aromatic rings. The molecule has 0 saturated heterocycles. The minimum absolute atomic E-state index is 0.483. The molecule has 0 radical (unpaired) electrons. The molecule has 1 aromatic carbocycles. The van der Waals surface area contributed by atoms with Crippen molar-refractivity contribution in [2.45, 2.75) is 26.4 Å². The molecule has 0 aliphatic carbocycles. The van der Waals surface area contributed by atoms with Crippen molar-refractivity contribution in [3.8, 4) is 10.6 Å². The van der Waals surface area contributed by atoms with Gasteiger partial charge in [0.2, 0.25) is 0 Å². The molecule has 0 atom stereocenters. The summed E-state index contributed by atoms with van der Waals surface area (Å²) in [6.07, 6.45) is 5.36. The highest BCUT2D eigenvalue weighted by Crippen LogP contribution is 2.27. The van der Waals surface area contributed by atoms with Gasteiger partial charge in [-0.25, -0.2) is 4.98 Å². The number of aromatic nitrogens is 3. The third-order valence-corrected chi connectivity index (χ3v) is 4.00. The smallest absolute Gasteiger partial charge is 0.123 e. The van der Waals surface area contributed by atoms with Gasteiger partial charge in [-0.05, 0) is 18.2 Å². The molecule has 0 saturated carbocycles. The SMILES string of the molecule is CC(C)NCc1cnc(-c2ccc3nccnc3c2)s1. The number of fused-ring (bicyclic) bond motifs is 1. The molecule has 20 heavy (non-hydrogen) atoms. The summed E-state index contributed by atoms with van der Waals surface area (Å²) in [5.41, 5.74) is 2.91. The number of hydrogen-bond donors (Lipinski definition) is 1. The monoisotopic (exact) mass is 284 g/mol. The molecule has 4 nitrogen and oxygen atoms in total. The third-order valence-electron chi connectivity index (χ3n) is 2.95. The predicted octanol–water partition coefficient (Wildman–Crippen LogP) is 3.25. The lowest BCUT2D eigenvalue weighted by Gasteiger charge is -2.04. The number of thiazole rings is 1. The zero-order chi connectivity index (χ0) is 13.9. The highest BCUT2D eigenvalue weighted by Gasteiger charge is 2.06. The van der Waals surface area contributed by atoms with E-state index in [9.17, 15) is 0 Å². The molecule has 0 fully saturated rings. The van der Waals surface area contributed by atoms with E-state index in [4.69, 9.17) is 0 Å². The Labute approximate surface area is 121 Å². The fraction of sp³-hybridized carbons (Fsp3) is 0.267. The van der Waals surface area contributed by atoms with Crippen molar-refractivity contribution in [3.63, 3.8) is 0 Å². The van der Waals surface area contributed by atoms with Gasteiger partial charge in [-0.1, -0.05) is 13.8 Å². The largest absolute Gasteiger partial charge is 0.310 e. The van der Waals surface area contributed by atoms with Crippen molar-refractivity contribution in [2.24, 2.45) is 0 Å². The highest BCUT2D eigenvalue weighted by atomic mass is 32.1. The van der Waals surface area contributed by atoms with Crippen LogP contribution in [0.3, 0.4) is 0 Å². The van der Waals surface area contributed by atoms with Crippen molar-refractivity contribution in [1.82, 2.24) is 20.3 Å². The molecule has 2 aromatic heterocycles. The van der Waals surface area contributed by atoms with E-state index in [0.717, 1.165) is 28.1 Å². The Morgan fingerprint density at radius 2 is 1.90 bits per heavy atom. The predicted molar refractivity (Wildman–Crippen MR) is 82.6 cm³/mol. The Balaban J connectivity index is 1.87. The molecular formula is C15H16N4S. The summed E-state index contributed by atoms with van der Waals surface area (Å²) in [5.74, 6) is 0. The van der Waals surface area contributed by atoms with E-state index in [1.807, 2.05) is 18.3 Å². The lowest BCUT2D eigenvalue weighted by molar-refractivity contribution is 0.593. The maximum Gasteiger partial charge on any atom is 0.123 e. The Morgan fingerprint density at radius 1 is 1.10 bits per heavy atom. The molecule has 0 unspecified atom stereocenters. The van der Waals surface area contributed by atoms with Crippen LogP contribution in [0.15, 0.2) is 36.8 Å². The normalized spacial score (nSPS) is 11.3. The molecule has 0 amide bonds. The second-order valence-electron chi connectivity index (χ2n) is 4.93. The first kappa shape index (κ1) is 13.1. The molecule has 5 heteroatoms. The fourth-order valence-corrected chi connectivity index (χ4v) is 2.78. The maximum atomic E-state index is 4.50. The van der Waals surface area contributed by atoms with E-state index in [2.05, 4.69) is 40.2 Å². The highest BCUT2D eigenvalue weighted by molar-refractivity contribution is 7.15. The number of rotatable bonds is 4. The summed E-state index contributed by atoms with van der Waals surface area (Å²) in [5, 5.41) is 4.43. The van der Waals surface area contributed by atoms with Gasteiger partial charge in [0.05, 0.1) is 11.0 Å². The van der Waals surface area contributed by atoms with Gasteiger partial charge in [-0.15, -0.1) is 11.3 Å². The Bertz CT molecular complexity index is 720. The molecule has 0 spiro atoms. The fourth-order valence-electron chi connectivity index (χ4n) is 1.92. The number of nitrogens with zero attached hydrogens (tertiary/aromatic N) is 3. The van der Waals surface area contributed by atoms with Crippen LogP contribution in [0.5, 0.6) is 0 Å². The molecule has 0 aliphatic rings. The van der Waals surface area contributed by atoms with Crippen molar-refractivity contribution < 1.29 is 0 Å². The van der Waals surface area contributed by atoms with E-state index in [1.165, 1.54) is 4.88 Å². The summed E-state index contributed by atoms with van der Waals surface area (Å²) in [6, 6.07) is 6.57. The van der Waals surface area contributed by atoms with Gasteiger partial charge in [0, 0.05) is 41.6 Å². The second-order valence-corrected chi connectivity index (χ2v) is 6.04. The quantitative estimate of drug-likeness (QED) is 0.799. The topological polar surface area (TPSA) is 50.7 Å². The summed E-state index contributed by atoms with van der Waals surface area (Å²) in [6.45, 7) is 5.15. The molecule has 3 rings (SSSR count). The van der Waals surface area contributed by atoms with E-state index in [1.54, 1.807) is 23.7 Å². The van der Waals surface area contributed by atoms with Crippen molar-refractivity contribution in [3.05, 3.63) is 41.7 Å². The van der Waals surface area contributed by atoms with Gasteiger partial charge < -0.3 is 5.32 Å². The van der Waals surface area contributed by atoms with Gasteiger partial charge in [-0.3, -0.25) is 9.97 Å². The summed E-state index contributed by atoms with van der Waals surface area (Å²) in [7, 11) is 0. The van der Waals surface area contributed by atoms with Crippen LogP contribution in [0.2, 0.25) is 0 Å². The Morgan fingerprint density at radius 3 is 2.70 bits per heavy atom. The second kappa shape index (κ2) is 5.64. The van der Waals surface area contributed by atoms with E-state index in [0.29, 0.717) is 6.04 Å². The lowest BCUT2D eigenvalue weighted by Crippen LogP contribution is -2.21. The number of benzene rings is 1. The van der Waals surface area contributed by atoms with E-state index < -0.39 is 0 Å². The molecule has 0 aliphatic heterocycles. The zero-order valence-corrected chi connectivity index (χ0v) is 12.3. The minimum Gasteiger partial charge on any atom is -0.310 e.